The molecular formula is C21H16N2O3. The molecular weight excluding hydrogens is 328 g/mol. The molecule has 1 aliphatic rings. The second-order valence-corrected chi connectivity index (χ2v) is 6.37. The summed E-state index contributed by atoms with van der Waals surface area (Å²) in [7, 11) is 0. The number of hydrogen-bond acceptors (Lipinski definition) is 3. The van der Waals surface area contributed by atoms with Crippen LogP contribution in [0.25, 0.3) is 0 Å². The summed E-state index contributed by atoms with van der Waals surface area (Å²) in [5.74, 6) is -0.114. The van der Waals surface area contributed by atoms with Crippen molar-refractivity contribution in [1.82, 2.24) is 0 Å². The standard InChI is InChI=1S/C21H16N2O3/c24-20-21(16-8-2-1-3-9-16,18-11-4-5-12-19(18)22-20)14-15-7-6-10-17(13-15)23(25)26/h1-13H,14H2,(H,22,24)/t21-/m1/s1. The highest BCUT2D eigenvalue weighted by atomic mass is 16.6. The smallest absolute Gasteiger partial charge is 0.269 e. The SMILES string of the molecule is O=C1Nc2ccccc2[C@@]1(Cc1cccc([N+](=O)[O-])c1)c1ccccc1. The van der Waals surface area contributed by atoms with Crippen LogP contribution < -0.4 is 5.32 Å². The summed E-state index contributed by atoms with van der Waals surface area (Å²) < 4.78 is 0. The molecule has 0 radical (unpaired) electrons. The van der Waals surface area contributed by atoms with Crippen molar-refractivity contribution >= 4 is 17.3 Å². The first-order valence-corrected chi connectivity index (χ1v) is 8.31. The third-order valence-electron chi connectivity index (χ3n) is 4.88. The van der Waals surface area contributed by atoms with Crippen molar-refractivity contribution in [3.05, 3.63) is 106 Å². The average Bonchev–Trinajstić information content (AvgIpc) is 2.95. The van der Waals surface area contributed by atoms with E-state index in [1.807, 2.05) is 60.7 Å². The van der Waals surface area contributed by atoms with Crippen LogP contribution in [0.15, 0.2) is 78.9 Å². The number of nitro benzene ring substituents is 1. The van der Waals surface area contributed by atoms with Crippen LogP contribution in [0.2, 0.25) is 0 Å². The first-order valence-electron chi connectivity index (χ1n) is 8.31. The Morgan fingerprint density at radius 3 is 2.42 bits per heavy atom. The van der Waals surface area contributed by atoms with Crippen molar-refractivity contribution in [2.24, 2.45) is 0 Å². The molecule has 0 spiro atoms. The molecule has 1 atom stereocenters. The minimum atomic E-state index is -0.910. The quantitative estimate of drug-likeness (QED) is 0.573. The number of fused-ring (bicyclic) bond motifs is 1. The van der Waals surface area contributed by atoms with Crippen LogP contribution in [-0.2, 0) is 16.6 Å². The summed E-state index contributed by atoms with van der Waals surface area (Å²) in [4.78, 5) is 23.8. The lowest BCUT2D eigenvalue weighted by atomic mass is 9.71. The van der Waals surface area contributed by atoms with E-state index in [2.05, 4.69) is 5.32 Å². The molecule has 1 heterocycles. The van der Waals surface area contributed by atoms with Gasteiger partial charge in [0.15, 0.2) is 0 Å². The lowest BCUT2D eigenvalue weighted by Gasteiger charge is -2.28. The number of benzene rings is 3. The third-order valence-corrected chi connectivity index (χ3v) is 4.88. The van der Waals surface area contributed by atoms with Crippen LogP contribution in [0.3, 0.4) is 0 Å². The molecule has 1 aliphatic heterocycles. The van der Waals surface area contributed by atoms with E-state index in [1.54, 1.807) is 12.1 Å². The molecule has 3 aromatic carbocycles. The van der Waals surface area contributed by atoms with Gasteiger partial charge in [0.05, 0.1) is 4.92 Å². The number of carbonyl (C=O) groups is 1. The predicted octanol–water partition coefficient (Wildman–Crippen LogP) is 4.08. The molecule has 0 aliphatic carbocycles. The topological polar surface area (TPSA) is 72.2 Å². The Bertz CT molecular complexity index is 1000. The minimum Gasteiger partial charge on any atom is -0.325 e. The summed E-state index contributed by atoms with van der Waals surface area (Å²) in [5, 5.41) is 14.1. The van der Waals surface area contributed by atoms with Crippen molar-refractivity contribution in [2.75, 3.05) is 5.32 Å². The predicted molar refractivity (Wildman–Crippen MR) is 99.1 cm³/mol. The van der Waals surface area contributed by atoms with Crippen molar-refractivity contribution in [2.45, 2.75) is 11.8 Å². The second kappa shape index (κ2) is 6.11. The van der Waals surface area contributed by atoms with E-state index >= 15 is 0 Å². The summed E-state index contributed by atoms with van der Waals surface area (Å²) in [6.07, 6.45) is 0.349. The molecule has 1 N–H and O–H groups in total. The van der Waals surface area contributed by atoms with Gasteiger partial charge in [-0.3, -0.25) is 14.9 Å². The fraction of sp³-hybridized carbons (Fsp3) is 0.0952. The van der Waals surface area contributed by atoms with Gasteiger partial charge < -0.3 is 5.32 Å². The van der Waals surface area contributed by atoms with Gasteiger partial charge >= 0.3 is 0 Å². The summed E-state index contributed by atoms with van der Waals surface area (Å²) in [6, 6.07) is 23.7. The van der Waals surface area contributed by atoms with E-state index in [9.17, 15) is 14.9 Å². The lowest BCUT2D eigenvalue weighted by molar-refractivity contribution is -0.384. The first-order chi connectivity index (χ1) is 12.6. The van der Waals surface area contributed by atoms with Gasteiger partial charge in [-0.05, 0) is 29.2 Å². The van der Waals surface area contributed by atoms with Crippen LogP contribution in [0.1, 0.15) is 16.7 Å². The van der Waals surface area contributed by atoms with Crippen molar-refractivity contribution in [3.8, 4) is 0 Å². The first kappa shape index (κ1) is 16.0. The second-order valence-electron chi connectivity index (χ2n) is 6.37. The summed E-state index contributed by atoms with van der Waals surface area (Å²) >= 11 is 0. The Morgan fingerprint density at radius 2 is 1.65 bits per heavy atom. The molecule has 128 valence electrons. The molecule has 3 aromatic rings. The zero-order valence-corrected chi connectivity index (χ0v) is 13.9. The Balaban J connectivity index is 1.90. The van der Waals surface area contributed by atoms with E-state index in [1.165, 1.54) is 6.07 Å². The largest absolute Gasteiger partial charge is 0.325 e. The van der Waals surface area contributed by atoms with Gasteiger partial charge in [0.25, 0.3) is 5.69 Å². The maximum absolute atomic E-state index is 13.1. The molecule has 0 saturated heterocycles. The highest BCUT2D eigenvalue weighted by Crippen LogP contribution is 2.45. The van der Waals surface area contributed by atoms with Crippen LogP contribution in [0, 0.1) is 10.1 Å². The number of rotatable bonds is 4. The number of nitrogens with one attached hydrogen (secondary N) is 1. The molecule has 0 saturated carbocycles. The molecule has 5 nitrogen and oxygen atoms in total. The highest BCUT2D eigenvalue weighted by molar-refractivity contribution is 6.08. The Labute approximate surface area is 150 Å². The Morgan fingerprint density at radius 1 is 0.923 bits per heavy atom. The third kappa shape index (κ3) is 2.45. The number of anilines is 1. The van der Waals surface area contributed by atoms with Crippen LogP contribution in [0.4, 0.5) is 11.4 Å². The van der Waals surface area contributed by atoms with Gasteiger partial charge in [-0.2, -0.15) is 0 Å². The summed E-state index contributed by atoms with van der Waals surface area (Å²) in [6.45, 7) is 0. The van der Waals surface area contributed by atoms with Crippen molar-refractivity contribution in [1.29, 1.82) is 0 Å². The average molecular weight is 344 g/mol. The monoisotopic (exact) mass is 344 g/mol. The molecule has 1 amide bonds. The number of amides is 1. The number of hydrogen-bond donors (Lipinski definition) is 1. The maximum Gasteiger partial charge on any atom is 0.269 e. The van der Waals surface area contributed by atoms with E-state index in [0.29, 0.717) is 6.42 Å². The van der Waals surface area contributed by atoms with Gasteiger partial charge in [-0.1, -0.05) is 60.7 Å². The zero-order chi connectivity index (χ0) is 18.1. The number of carbonyl (C=O) groups excluding carboxylic acids is 1. The number of para-hydroxylation sites is 1. The fourth-order valence-corrected chi connectivity index (χ4v) is 3.69. The zero-order valence-electron chi connectivity index (χ0n) is 13.9. The van der Waals surface area contributed by atoms with Gasteiger partial charge in [0.1, 0.15) is 5.41 Å². The molecule has 0 bridgehead atoms. The van der Waals surface area contributed by atoms with Crippen molar-refractivity contribution < 1.29 is 9.72 Å². The number of non-ortho nitro benzene ring substituents is 1. The van der Waals surface area contributed by atoms with E-state index in [4.69, 9.17) is 0 Å². The van der Waals surface area contributed by atoms with Gasteiger partial charge in [0, 0.05) is 17.8 Å². The number of nitrogens with zero attached hydrogens (tertiary/aromatic N) is 1. The van der Waals surface area contributed by atoms with Crippen LogP contribution in [0.5, 0.6) is 0 Å². The van der Waals surface area contributed by atoms with Crippen LogP contribution in [-0.4, -0.2) is 10.8 Å². The number of nitro groups is 1. The van der Waals surface area contributed by atoms with E-state index in [-0.39, 0.29) is 11.6 Å². The molecule has 4 rings (SSSR count). The normalized spacial score (nSPS) is 18.2. The van der Waals surface area contributed by atoms with Gasteiger partial charge in [-0.15, -0.1) is 0 Å². The molecule has 0 unspecified atom stereocenters. The molecule has 0 aromatic heterocycles. The Hall–Kier alpha value is -3.47. The van der Waals surface area contributed by atoms with Crippen molar-refractivity contribution in [3.63, 3.8) is 0 Å². The fourth-order valence-electron chi connectivity index (χ4n) is 3.69. The Kier molecular flexibility index (Phi) is 3.77. The highest BCUT2D eigenvalue weighted by Gasteiger charge is 2.48. The maximum atomic E-state index is 13.1. The van der Waals surface area contributed by atoms with E-state index < -0.39 is 10.3 Å². The van der Waals surface area contributed by atoms with Gasteiger partial charge in [-0.25, -0.2) is 0 Å². The van der Waals surface area contributed by atoms with E-state index in [0.717, 1.165) is 22.4 Å². The molecule has 0 fully saturated rings. The van der Waals surface area contributed by atoms with Gasteiger partial charge in [0.2, 0.25) is 5.91 Å². The molecule has 5 heteroatoms. The van der Waals surface area contributed by atoms with Crippen LogP contribution >= 0.6 is 0 Å². The summed E-state index contributed by atoms with van der Waals surface area (Å²) in [5.41, 5.74) is 2.41. The molecule has 26 heavy (non-hydrogen) atoms. The minimum absolute atomic E-state index is 0.0254. The lowest BCUT2D eigenvalue weighted by Crippen LogP contribution is -2.38.